The zero-order valence-electron chi connectivity index (χ0n) is 39.9. The van der Waals surface area contributed by atoms with Crippen LogP contribution in [0.5, 0.6) is 46.0 Å². The number of hydrogen-bond donors (Lipinski definition) is 0. The lowest BCUT2D eigenvalue weighted by Gasteiger charge is -2.08. The molecule has 366 valence electrons. The van der Waals surface area contributed by atoms with Crippen molar-refractivity contribution in [1.29, 1.82) is 0 Å². The van der Waals surface area contributed by atoms with Gasteiger partial charge in [-0.25, -0.2) is 0 Å². The van der Waals surface area contributed by atoms with E-state index in [1.54, 1.807) is 146 Å². The minimum atomic E-state index is -0.750. The van der Waals surface area contributed by atoms with Gasteiger partial charge in [-0.1, -0.05) is 121 Å². The maximum absolute atomic E-state index is 12.9. The third-order valence-electron chi connectivity index (χ3n) is 11.2. The Bertz CT molecular complexity index is 3030. The first kappa shape index (κ1) is 51.3. The molecule has 0 aliphatic heterocycles. The molecule has 10 aromatic carbocycles. The third kappa shape index (κ3) is 14.5. The predicted molar refractivity (Wildman–Crippen MR) is 287 cm³/mol. The van der Waals surface area contributed by atoms with Crippen LogP contribution in [0, 0.1) is 0 Å². The molecule has 0 spiro atoms. The molecular weight excluding hydrogens is 961 g/mol. The van der Waals surface area contributed by atoms with Gasteiger partial charge in [-0.15, -0.1) is 0 Å². The Balaban J connectivity index is 0.000000189. The molecule has 0 N–H and O–H groups in total. The minimum absolute atomic E-state index is 0.123. The molecule has 75 heavy (non-hydrogen) atoms. The quantitative estimate of drug-likeness (QED) is 0.0859. The second-order valence-corrected chi connectivity index (χ2v) is 16.4. The van der Waals surface area contributed by atoms with E-state index in [1.165, 1.54) is 0 Å². The summed E-state index contributed by atoms with van der Waals surface area (Å²) in [6.45, 7) is 0. The Morgan fingerprint density at radius 1 is 0.200 bits per heavy atom. The van der Waals surface area contributed by atoms with E-state index in [4.69, 9.17) is 27.4 Å². The fourth-order valence-electron chi connectivity index (χ4n) is 7.41. The Morgan fingerprint density at radius 2 is 0.320 bits per heavy atom. The van der Waals surface area contributed by atoms with Gasteiger partial charge in [0, 0.05) is 44.5 Å². The van der Waals surface area contributed by atoms with E-state index in [0.717, 1.165) is 23.0 Å². The van der Waals surface area contributed by atoms with Crippen molar-refractivity contribution in [1.82, 2.24) is 0 Å². The number of rotatable bonds is 16. The summed E-state index contributed by atoms with van der Waals surface area (Å²) in [4.78, 5) is 51.7. The molecule has 11 heteroatoms. The fourth-order valence-corrected chi connectivity index (χ4v) is 7.41. The van der Waals surface area contributed by atoms with Crippen LogP contribution in [0.3, 0.4) is 0 Å². The Hall–Kier alpha value is -10.1. The first-order chi connectivity index (χ1) is 36.7. The van der Waals surface area contributed by atoms with Gasteiger partial charge < -0.3 is 18.9 Å². The predicted octanol–water partition coefficient (Wildman–Crippen LogP) is 14.8. The average molecular weight is 1010 g/mol. The highest BCUT2D eigenvalue weighted by Gasteiger charge is 2.15. The summed E-state index contributed by atoms with van der Waals surface area (Å²) in [7, 11) is 0. The van der Waals surface area contributed by atoms with Crippen LogP contribution in [-0.2, 0) is 11.6 Å². The van der Waals surface area contributed by atoms with Crippen molar-refractivity contribution in [3.8, 4) is 46.0 Å². The van der Waals surface area contributed by atoms with Crippen LogP contribution in [0.25, 0.3) is 0 Å². The van der Waals surface area contributed by atoms with Crippen molar-refractivity contribution in [2.45, 2.75) is 0 Å². The molecule has 0 saturated carbocycles. The highest BCUT2D eigenvalue weighted by atomic mass is 32.1. The maximum atomic E-state index is 12.9. The number of ketones is 4. The molecule has 0 aliphatic carbocycles. The molecule has 0 bridgehead atoms. The average Bonchev–Trinajstić information content (AvgIpc) is 3.47. The van der Waals surface area contributed by atoms with Crippen LogP contribution in [0.1, 0.15) is 63.7 Å². The summed E-state index contributed by atoms with van der Waals surface area (Å²) < 4.78 is 39.7. The number of carbonyl (C=O) groups is 4. The van der Waals surface area contributed by atoms with Gasteiger partial charge >= 0.3 is 11.6 Å². The monoisotopic (exact) mass is 1000 g/mol. The smallest absolute Gasteiger partial charge is 0.335 e. The molecule has 0 aromatic heterocycles. The number of ether oxygens (including phenoxy) is 4. The SMILES string of the molecule is O=C(c1ccc(Oc2ccccc2)cc1)c1ccc(C(=O)c2ccc(Oc3ccccc3)cc2)cc1.O=C(c1ccc(Oc2ccccc2)cc1)c1ccc(C(=O)c2ccc(Oc3ccccc3)cc2)cc1.O=S=O. The number of para-hydroxylation sites is 4. The summed E-state index contributed by atoms with van der Waals surface area (Å²) in [6, 6.07) is 79.3. The van der Waals surface area contributed by atoms with Crippen molar-refractivity contribution in [2.75, 3.05) is 0 Å². The first-order valence-electron chi connectivity index (χ1n) is 23.4. The molecule has 0 radical (unpaired) electrons. The van der Waals surface area contributed by atoms with E-state index in [2.05, 4.69) is 0 Å². The molecule has 0 amide bonds. The van der Waals surface area contributed by atoms with Crippen molar-refractivity contribution in [3.05, 3.63) is 311 Å². The van der Waals surface area contributed by atoms with Gasteiger partial charge in [-0.2, -0.15) is 8.42 Å². The third-order valence-corrected chi connectivity index (χ3v) is 11.2. The zero-order chi connectivity index (χ0) is 52.2. The lowest BCUT2D eigenvalue weighted by molar-refractivity contribution is 0.102. The Morgan fingerprint density at radius 3 is 0.467 bits per heavy atom. The van der Waals surface area contributed by atoms with E-state index in [0.29, 0.717) is 67.5 Å². The van der Waals surface area contributed by atoms with Crippen LogP contribution in [-0.4, -0.2) is 31.6 Å². The van der Waals surface area contributed by atoms with E-state index in [-0.39, 0.29) is 23.1 Å². The largest absolute Gasteiger partial charge is 0.457 e. The van der Waals surface area contributed by atoms with Crippen molar-refractivity contribution in [2.24, 2.45) is 0 Å². The summed E-state index contributed by atoms with van der Waals surface area (Å²) in [5.41, 5.74) is 4.22. The van der Waals surface area contributed by atoms with Crippen LogP contribution in [0.15, 0.2) is 267 Å². The highest BCUT2D eigenvalue weighted by Crippen LogP contribution is 2.27. The Labute approximate surface area is 436 Å². The van der Waals surface area contributed by atoms with Crippen LogP contribution < -0.4 is 18.9 Å². The van der Waals surface area contributed by atoms with Gasteiger partial charge in [0.05, 0.1) is 0 Å². The minimum Gasteiger partial charge on any atom is -0.457 e. The molecule has 0 fully saturated rings. The maximum Gasteiger partial charge on any atom is 0.335 e. The van der Waals surface area contributed by atoms with Crippen LogP contribution >= 0.6 is 0 Å². The molecule has 0 atom stereocenters. The molecule has 0 unspecified atom stereocenters. The second-order valence-electron chi connectivity index (χ2n) is 16.3. The van der Waals surface area contributed by atoms with Crippen molar-refractivity contribution in [3.63, 3.8) is 0 Å². The van der Waals surface area contributed by atoms with E-state index < -0.39 is 11.6 Å². The highest BCUT2D eigenvalue weighted by molar-refractivity contribution is 7.51. The number of hydrogen-bond acceptors (Lipinski definition) is 10. The van der Waals surface area contributed by atoms with Crippen molar-refractivity contribution < 1.29 is 46.5 Å². The Kier molecular flexibility index (Phi) is 17.7. The molecule has 10 aromatic rings. The standard InChI is InChI=1S/2C32H22O4.O2S/c2*33-31(25-15-19-29(20-16-25)35-27-7-3-1-4-8-27)23-11-13-24(14-12-23)32(34)26-17-21-30(22-18-26)36-28-9-5-2-6-10-28;1-3-2/h2*1-22H;. The summed E-state index contributed by atoms with van der Waals surface area (Å²) in [6.07, 6.45) is 0. The molecular formula is C64H44O10S. The van der Waals surface area contributed by atoms with E-state index in [9.17, 15) is 19.2 Å². The van der Waals surface area contributed by atoms with Gasteiger partial charge in [0.2, 0.25) is 0 Å². The molecule has 10 nitrogen and oxygen atoms in total. The summed E-state index contributed by atoms with van der Waals surface area (Å²) in [5, 5.41) is 0. The summed E-state index contributed by atoms with van der Waals surface area (Å²) in [5.74, 6) is 5.04. The van der Waals surface area contributed by atoms with Gasteiger partial charge in [-0.3, -0.25) is 19.2 Å². The van der Waals surface area contributed by atoms with Gasteiger partial charge in [-0.05, 0) is 146 Å². The normalized spacial score (nSPS) is 10.2. The molecule has 0 heterocycles. The fraction of sp³-hybridized carbons (Fsp3) is 0. The summed E-state index contributed by atoms with van der Waals surface area (Å²) >= 11 is -0.750. The number of carbonyl (C=O) groups excluding carboxylic acids is 4. The lowest BCUT2D eigenvalue weighted by Crippen LogP contribution is -2.04. The van der Waals surface area contributed by atoms with Crippen molar-refractivity contribution >= 4 is 34.7 Å². The van der Waals surface area contributed by atoms with Crippen LogP contribution in [0.4, 0.5) is 0 Å². The zero-order valence-corrected chi connectivity index (χ0v) is 40.7. The number of benzene rings is 10. The van der Waals surface area contributed by atoms with E-state index in [1.807, 2.05) is 121 Å². The van der Waals surface area contributed by atoms with Gasteiger partial charge in [0.15, 0.2) is 23.1 Å². The van der Waals surface area contributed by atoms with Gasteiger partial charge in [0.25, 0.3) is 0 Å². The topological polar surface area (TPSA) is 139 Å². The molecule has 0 saturated heterocycles. The van der Waals surface area contributed by atoms with E-state index >= 15 is 0 Å². The first-order valence-corrected chi connectivity index (χ1v) is 24.0. The second kappa shape index (κ2) is 25.8. The van der Waals surface area contributed by atoms with Crippen LogP contribution in [0.2, 0.25) is 0 Å². The lowest BCUT2D eigenvalue weighted by atomic mass is 9.98. The molecule has 10 rings (SSSR count). The molecule has 0 aliphatic rings. The van der Waals surface area contributed by atoms with Gasteiger partial charge in [0.1, 0.15) is 46.0 Å².